The lowest BCUT2D eigenvalue weighted by molar-refractivity contribution is 0.667. The monoisotopic (exact) mass is 758 g/mol. The number of hydrogen-bond acceptors (Lipinski definition) is 3. The average Bonchev–Trinajstić information content (AvgIpc) is 3.99. The maximum atomic E-state index is 5.71. The number of para-hydroxylation sites is 4. The first kappa shape index (κ1) is 32.1. The second kappa shape index (κ2) is 11.5. The van der Waals surface area contributed by atoms with E-state index in [1.54, 1.807) is 0 Å². The first-order valence-corrected chi connectivity index (χ1v) is 20.8. The van der Waals surface area contributed by atoms with Gasteiger partial charge in [0.1, 0.15) is 0 Å². The maximum Gasteiger partial charge on any atom is 0.235 e. The van der Waals surface area contributed by atoms with E-state index < -0.39 is 0 Å². The van der Waals surface area contributed by atoms with Crippen molar-refractivity contribution in [1.82, 2.24) is 19.1 Å². The molecule has 0 aliphatic heterocycles. The third kappa shape index (κ3) is 4.08. The van der Waals surface area contributed by atoms with Crippen molar-refractivity contribution >= 4 is 86.0 Å². The second-order valence-electron chi connectivity index (χ2n) is 16.1. The Kier molecular flexibility index (Phi) is 6.36. The van der Waals surface area contributed by atoms with E-state index in [4.69, 9.17) is 9.97 Å². The predicted molar refractivity (Wildman–Crippen MR) is 244 cm³/mol. The molecule has 0 atom stereocenters. The van der Waals surface area contributed by atoms with Gasteiger partial charge in [-0.25, -0.2) is 9.97 Å². The van der Waals surface area contributed by atoms with Crippen molar-refractivity contribution in [3.8, 4) is 34.0 Å². The minimum Gasteiger partial charge on any atom is -0.309 e. The van der Waals surface area contributed by atoms with Crippen molar-refractivity contribution < 1.29 is 0 Å². The molecule has 1 aliphatic rings. The molecule has 4 nitrogen and oxygen atoms in total. The molecule has 0 radical (unpaired) electrons. The Labute approximate surface area is 337 Å². The smallest absolute Gasteiger partial charge is 0.235 e. The molecule has 0 fully saturated rings. The summed E-state index contributed by atoms with van der Waals surface area (Å²) in [5.74, 6) is 0.670. The van der Waals surface area contributed by atoms with E-state index >= 15 is 0 Å². The van der Waals surface area contributed by atoms with E-state index in [1.165, 1.54) is 75.0 Å². The molecule has 58 heavy (non-hydrogen) atoms. The summed E-state index contributed by atoms with van der Waals surface area (Å²) < 4.78 is 7.40. The largest absolute Gasteiger partial charge is 0.309 e. The molecule has 4 aromatic heterocycles. The molecule has 0 saturated heterocycles. The van der Waals surface area contributed by atoms with Crippen LogP contribution in [0, 0.1) is 0 Å². The number of fused-ring (bicyclic) bond motifs is 16. The van der Waals surface area contributed by atoms with Gasteiger partial charge in [-0.1, -0.05) is 147 Å². The minimum absolute atomic E-state index is 0.280. The van der Waals surface area contributed by atoms with Crippen LogP contribution in [0.4, 0.5) is 0 Å². The fraction of sp³-hybridized carbons (Fsp3) is 0.0566. The van der Waals surface area contributed by atoms with Crippen LogP contribution in [0.3, 0.4) is 0 Å². The van der Waals surface area contributed by atoms with E-state index in [-0.39, 0.29) is 5.41 Å². The zero-order valence-corrected chi connectivity index (χ0v) is 32.7. The molecule has 5 heteroatoms. The quantitative estimate of drug-likeness (QED) is 0.180. The molecule has 8 aromatic carbocycles. The number of hydrogen-bond donors (Lipinski definition) is 0. The van der Waals surface area contributed by atoms with Crippen molar-refractivity contribution in [2.24, 2.45) is 0 Å². The zero-order valence-electron chi connectivity index (χ0n) is 31.9. The van der Waals surface area contributed by atoms with Crippen LogP contribution in [0.25, 0.3) is 109 Å². The Morgan fingerprint density at radius 3 is 1.93 bits per heavy atom. The number of thiophene rings is 1. The lowest BCUT2D eigenvalue weighted by atomic mass is 9.80. The van der Waals surface area contributed by atoms with Crippen LogP contribution < -0.4 is 0 Å². The van der Waals surface area contributed by atoms with E-state index in [2.05, 4.69) is 193 Å². The van der Waals surface area contributed by atoms with Crippen LogP contribution in [0.5, 0.6) is 0 Å². The molecule has 13 rings (SSSR count). The summed E-state index contributed by atoms with van der Waals surface area (Å²) in [5.41, 5.74) is 13.7. The van der Waals surface area contributed by atoms with E-state index in [1.807, 2.05) is 11.3 Å². The maximum absolute atomic E-state index is 5.71. The van der Waals surface area contributed by atoms with Crippen LogP contribution in [-0.2, 0) is 5.41 Å². The van der Waals surface area contributed by atoms with Gasteiger partial charge in [-0.15, -0.1) is 11.3 Å². The summed E-state index contributed by atoms with van der Waals surface area (Å²) in [6, 6.07) is 61.6. The third-order valence-corrected chi connectivity index (χ3v) is 13.9. The van der Waals surface area contributed by atoms with Gasteiger partial charge < -0.3 is 4.57 Å². The molecule has 4 heterocycles. The Hall–Kier alpha value is -7.08. The first-order valence-electron chi connectivity index (χ1n) is 19.9. The van der Waals surface area contributed by atoms with Crippen LogP contribution in [0.1, 0.15) is 25.0 Å². The molecule has 0 amide bonds. The standard InChI is InChI=1S/C53H34N4S/c1-53(2)39-26-11-6-20-34(39)44-47(53)45-36-22-8-13-28-41(36)56(31-17-4-3-5-18-31)49(45)46-37-23-9-14-29-42(37)57(50(44)46)52-54-40-27-12-7-21-35(40)48(55-52)38-25-16-24-33-32-19-10-15-30-43(32)58-51(33)38/h3-30H,1-2H3. The van der Waals surface area contributed by atoms with Gasteiger partial charge >= 0.3 is 0 Å². The van der Waals surface area contributed by atoms with E-state index in [0.29, 0.717) is 5.95 Å². The number of nitrogens with zero attached hydrogens (tertiary/aromatic N) is 4. The highest BCUT2D eigenvalue weighted by molar-refractivity contribution is 7.26. The molecular formula is C53H34N4S. The fourth-order valence-corrected chi connectivity index (χ4v) is 11.5. The molecule has 0 unspecified atom stereocenters. The van der Waals surface area contributed by atoms with Crippen molar-refractivity contribution in [2.75, 3.05) is 0 Å². The normalized spacial score (nSPS) is 13.5. The van der Waals surface area contributed by atoms with Gasteiger partial charge in [0.25, 0.3) is 0 Å². The van der Waals surface area contributed by atoms with E-state index in [0.717, 1.165) is 38.9 Å². The van der Waals surface area contributed by atoms with Gasteiger partial charge in [0.05, 0.1) is 33.3 Å². The fourth-order valence-electron chi connectivity index (χ4n) is 10.3. The minimum atomic E-state index is -0.280. The van der Waals surface area contributed by atoms with Crippen LogP contribution in [0.2, 0.25) is 0 Å². The van der Waals surface area contributed by atoms with Crippen LogP contribution in [0.15, 0.2) is 170 Å². The van der Waals surface area contributed by atoms with Crippen molar-refractivity contribution in [3.63, 3.8) is 0 Å². The van der Waals surface area contributed by atoms with Gasteiger partial charge in [0.2, 0.25) is 5.95 Å². The predicted octanol–water partition coefficient (Wildman–Crippen LogP) is 14.2. The molecule has 0 bridgehead atoms. The zero-order chi connectivity index (χ0) is 38.3. The Bertz CT molecular complexity index is 3710. The SMILES string of the molecule is CC1(C)c2ccccc2-c2c1c1c3ccccc3n(-c3ccccc3)c1c1c3ccccc3n(-c3nc(-c4cccc5c4sc4ccccc45)c4ccccc4n3)c21. The van der Waals surface area contributed by atoms with Crippen molar-refractivity contribution in [3.05, 3.63) is 181 Å². The van der Waals surface area contributed by atoms with Gasteiger partial charge in [-0.3, -0.25) is 4.57 Å². The Morgan fingerprint density at radius 1 is 0.483 bits per heavy atom. The topological polar surface area (TPSA) is 35.6 Å². The summed E-state index contributed by atoms with van der Waals surface area (Å²) in [4.78, 5) is 11.2. The van der Waals surface area contributed by atoms with Crippen LogP contribution in [-0.4, -0.2) is 19.1 Å². The second-order valence-corrected chi connectivity index (χ2v) is 17.1. The molecule has 272 valence electrons. The molecular weight excluding hydrogens is 725 g/mol. The molecule has 0 saturated carbocycles. The Balaban J connectivity index is 1.26. The number of aromatic nitrogens is 4. The third-order valence-electron chi connectivity index (χ3n) is 12.7. The molecule has 12 aromatic rings. The Morgan fingerprint density at radius 2 is 1.10 bits per heavy atom. The van der Waals surface area contributed by atoms with Gasteiger partial charge in [0, 0.05) is 69.3 Å². The average molecular weight is 759 g/mol. The molecule has 0 N–H and O–H groups in total. The van der Waals surface area contributed by atoms with Gasteiger partial charge in [-0.2, -0.15) is 0 Å². The van der Waals surface area contributed by atoms with Crippen molar-refractivity contribution in [1.29, 1.82) is 0 Å². The highest BCUT2D eigenvalue weighted by Crippen LogP contribution is 2.58. The number of rotatable bonds is 3. The molecule has 1 aliphatic carbocycles. The highest BCUT2D eigenvalue weighted by atomic mass is 32.1. The molecule has 0 spiro atoms. The lowest BCUT2D eigenvalue weighted by Crippen LogP contribution is -2.15. The summed E-state index contributed by atoms with van der Waals surface area (Å²) in [6.45, 7) is 4.81. The highest BCUT2D eigenvalue weighted by Gasteiger charge is 2.41. The van der Waals surface area contributed by atoms with Crippen LogP contribution >= 0.6 is 11.3 Å². The summed E-state index contributed by atoms with van der Waals surface area (Å²) in [7, 11) is 0. The van der Waals surface area contributed by atoms with Gasteiger partial charge in [0.15, 0.2) is 0 Å². The summed E-state index contributed by atoms with van der Waals surface area (Å²) >= 11 is 1.84. The van der Waals surface area contributed by atoms with Crippen molar-refractivity contribution in [2.45, 2.75) is 19.3 Å². The number of benzene rings is 8. The summed E-state index contributed by atoms with van der Waals surface area (Å²) in [6.07, 6.45) is 0. The first-order chi connectivity index (χ1) is 28.6. The summed E-state index contributed by atoms with van der Waals surface area (Å²) in [5, 5.41) is 8.53. The lowest BCUT2D eigenvalue weighted by Gasteiger charge is -2.23. The van der Waals surface area contributed by atoms with Gasteiger partial charge in [-0.05, 0) is 53.1 Å². The van der Waals surface area contributed by atoms with E-state index in [9.17, 15) is 0 Å².